The Labute approximate surface area is 90.8 Å². The van der Waals surface area contributed by atoms with Crippen molar-refractivity contribution in [3.63, 3.8) is 0 Å². The topological polar surface area (TPSA) is 53.3 Å². The largest absolute Gasteiger partial charge is 0.380 e. The highest BCUT2D eigenvalue weighted by Crippen LogP contribution is 2.15. The first-order chi connectivity index (χ1) is 7.27. The maximum Gasteiger partial charge on any atom is 0.224 e. The summed E-state index contributed by atoms with van der Waals surface area (Å²) >= 11 is 0. The Bertz CT molecular complexity index is 247. The molecule has 0 aliphatic carbocycles. The van der Waals surface area contributed by atoms with Crippen LogP contribution in [0.1, 0.15) is 26.2 Å². The van der Waals surface area contributed by atoms with Crippen molar-refractivity contribution in [1.82, 2.24) is 4.90 Å². The molecule has 1 aliphatic heterocycles. The number of likely N-dealkylation sites (tertiary alicyclic amines) is 1. The molecule has 1 atom stereocenters. The van der Waals surface area contributed by atoms with Gasteiger partial charge in [-0.2, -0.15) is 5.26 Å². The van der Waals surface area contributed by atoms with Gasteiger partial charge in [-0.1, -0.05) is 13.3 Å². The van der Waals surface area contributed by atoms with E-state index in [1.807, 2.05) is 0 Å². The first-order valence-electron chi connectivity index (χ1n) is 5.53. The first-order valence-corrected chi connectivity index (χ1v) is 5.53. The molecule has 0 bridgehead atoms. The van der Waals surface area contributed by atoms with E-state index in [9.17, 15) is 4.79 Å². The van der Waals surface area contributed by atoms with Crippen molar-refractivity contribution in [2.75, 3.05) is 26.3 Å². The van der Waals surface area contributed by atoms with Gasteiger partial charge < -0.3 is 9.64 Å². The maximum atomic E-state index is 11.4. The highest BCUT2D eigenvalue weighted by atomic mass is 16.5. The molecular formula is C11H18N2O2. The molecule has 0 aromatic carbocycles. The van der Waals surface area contributed by atoms with Gasteiger partial charge in [0.15, 0.2) is 0 Å². The van der Waals surface area contributed by atoms with Crippen LogP contribution < -0.4 is 0 Å². The molecule has 0 aromatic rings. The minimum atomic E-state index is -0.117. The van der Waals surface area contributed by atoms with Gasteiger partial charge in [-0.15, -0.1) is 0 Å². The summed E-state index contributed by atoms with van der Waals surface area (Å²) in [6.45, 7) is 4.67. The van der Waals surface area contributed by atoms with E-state index in [1.165, 1.54) is 0 Å². The fraction of sp³-hybridized carbons (Fsp3) is 0.818. The van der Waals surface area contributed by atoms with Crippen molar-refractivity contribution in [1.29, 1.82) is 5.26 Å². The Morgan fingerprint density at radius 1 is 1.60 bits per heavy atom. The van der Waals surface area contributed by atoms with Crippen LogP contribution in [0.3, 0.4) is 0 Å². The predicted molar refractivity (Wildman–Crippen MR) is 56.0 cm³/mol. The van der Waals surface area contributed by atoms with Crippen molar-refractivity contribution < 1.29 is 9.53 Å². The number of ether oxygens (including phenoxy) is 1. The van der Waals surface area contributed by atoms with E-state index < -0.39 is 0 Å². The lowest BCUT2D eigenvalue weighted by atomic mass is 10.1. The number of nitriles is 1. The van der Waals surface area contributed by atoms with Crippen LogP contribution in [-0.4, -0.2) is 37.1 Å². The molecule has 1 heterocycles. The number of unbranched alkanes of at least 4 members (excludes halogenated alkanes) is 1. The number of carbonyl (C=O) groups excluding carboxylic acids is 1. The third-order valence-electron chi connectivity index (χ3n) is 2.54. The smallest absolute Gasteiger partial charge is 0.224 e. The average Bonchev–Trinajstić information content (AvgIpc) is 2.59. The Kier molecular flexibility index (Phi) is 5.13. The molecule has 1 amide bonds. The molecule has 0 aromatic heterocycles. The number of amides is 1. The SMILES string of the molecule is CCCCOCCN1CC(C#N)CC1=O. The molecule has 84 valence electrons. The van der Waals surface area contributed by atoms with Crippen molar-refractivity contribution >= 4 is 5.91 Å². The highest BCUT2D eigenvalue weighted by Gasteiger charge is 2.28. The van der Waals surface area contributed by atoms with Gasteiger partial charge in [0.2, 0.25) is 5.91 Å². The summed E-state index contributed by atoms with van der Waals surface area (Å²) in [4.78, 5) is 13.1. The zero-order valence-electron chi connectivity index (χ0n) is 9.24. The fourth-order valence-electron chi connectivity index (χ4n) is 1.60. The molecule has 0 saturated carbocycles. The number of nitrogens with zero attached hydrogens (tertiary/aromatic N) is 2. The quantitative estimate of drug-likeness (QED) is 0.618. The lowest BCUT2D eigenvalue weighted by Gasteiger charge is -2.15. The molecular weight excluding hydrogens is 192 g/mol. The third-order valence-corrected chi connectivity index (χ3v) is 2.54. The molecule has 1 saturated heterocycles. The summed E-state index contributed by atoms with van der Waals surface area (Å²) in [7, 11) is 0. The molecule has 0 spiro atoms. The molecule has 1 aliphatic rings. The van der Waals surface area contributed by atoms with Gasteiger partial charge in [0.1, 0.15) is 0 Å². The lowest BCUT2D eigenvalue weighted by Crippen LogP contribution is -2.29. The molecule has 4 heteroatoms. The van der Waals surface area contributed by atoms with E-state index in [1.54, 1.807) is 4.90 Å². The molecule has 1 unspecified atom stereocenters. The van der Waals surface area contributed by atoms with Crippen LogP contribution in [-0.2, 0) is 9.53 Å². The number of hydrogen-bond acceptors (Lipinski definition) is 3. The third kappa shape index (κ3) is 3.88. The van der Waals surface area contributed by atoms with E-state index in [0.717, 1.165) is 19.4 Å². The van der Waals surface area contributed by atoms with E-state index in [-0.39, 0.29) is 11.8 Å². The van der Waals surface area contributed by atoms with Crippen molar-refractivity contribution in [3.8, 4) is 6.07 Å². The molecule has 4 nitrogen and oxygen atoms in total. The van der Waals surface area contributed by atoms with Crippen molar-refractivity contribution in [2.45, 2.75) is 26.2 Å². The van der Waals surface area contributed by atoms with E-state index in [0.29, 0.717) is 26.1 Å². The van der Waals surface area contributed by atoms with Crippen LogP contribution >= 0.6 is 0 Å². The lowest BCUT2D eigenvalue weighted by molar-refractivity contribution is -0.128. The maximum absolute atomic E-state index is 11.4. The van der Waals surface area contributed by atoms with Crippen LogP contribution in [0, 0.1) is 17.2 Å². The summed E-state index contributed by atoms with van der Waals surface area (Å²) in [6.07, 6.45) is 2.57. The zero-order valence-corrected chi connectivity index (χ0v) is 9.24. The van der Waals surface area contributed by atoms with Crippen LogP contribution in [0.4, 0.5) is 0 Å². The summed E-state index contributed by atoms with van der Waals surface area (Å²) < 4.78 is 5.38. The summed E-state index contributed by atoms with van der Waals surface area (Å²) in [5, 5.41) is 8.68. The normalized spacial score (nSPS) is 20.7. The number of rotatable bonds is 6. The van der Waals surface area contributed by atoms with Gasteiger partial charge in [-0.05, 0) is 6.42 Å². The monoisotopic (exact) mass is 210 g/mol. The molecule has 1 fully saturated rings. The minimum absolute atomic E-state index is 0.0839. The van der Waals surface area contributed by atoms with Gasteiger partial charge in [0, 0.05) is 26.1 Å². The molecule has 0 radical (unpaired) electrons. The fourth-order valence-corrected chi connectivity index (χ4v) is 1.60. The second kappa shape index (κ2) is 6.41. The Balaban J connectivity index is 2.12. The zero-order chi connectivity index (χ0) is 11.1. The van der Waals surface area contributed by atoms with Gasteiger partial charge in [-0.3, -0.25) is 4.79 Å². The number of carbonyl (C=O) groups is 1. The van der Waals surface area contributed by atoms with Crippen LogP contribution in [0.2, 0.25) is 0 Å². The van der Waals surface area contributed by atoms with E-state index >= 15 is 0 Å². The second-order valence-corrected chi connectivity index (χ2v) is 3.84. The summed E-state index contributed by atoms with van der Waals surface area (Å²) in [5.41, 5.74) is 0. The molecule has 1 rings (SSSR count). The highest BCUT2D eigenvalue weighted by molar-refractivity contribution is 5.79. The average molecular weight is 210 g/mol. The van der Waals surface area contributed by atoms with Gasteiger partial charge in [0.05, 0.1) is 18.6 Å². The van der Waals surface area contributed by atoms with Gasteiger partial charge in [0.25, 0.3) is 0 Å². The van der Waals surface area contributed by atoms with Crippen LogP contribution in [0.15, 0.2) is 0 Å². The van der Waals surface area contributed by atoms with Gasteiger partial charge >= 0.3 is 0 Å². The Morgan fingerprint density at radius 3 is 3.00 bits per heavy atom. The Hall–Kier alpha value is -1.08. The first kappa shape index (κ1) is 12.0. The number of hydrogen-bond donors (Lipinski definition) is 0. The summed E-state index contributed by atoms with van der Waals surface area (Å²) in [5.74, 6) is -0.0335. The minimum Gasteiger partial charge on any atom is -0.380 e. The standard InChI is InChI=1S/C11H18N2O2/c1-2-3-5-15-6-4-13-9-10(8-12)7-11(13)14/h10H,2-7,9H2,1H3. The van der Waals surface area contributed by atoms with E-state index in [4.69, 9.17) is 10.00 Å². The molecule has 0 N–H and O–H groups in total. The Morgan fingerprint density at radius 2 is 2.40 bits per heavy atom. The molecule has 15 heavy (non-hydrogen) atoms. The van der Waals surface area contributed by atoms with Crippen molar-refractivity contribution in [2.24, 2.45) is 5.92 Å². The predicted octanol–water partition coefficient (Wildman–Crippen LogP) is 1.18. The van der Waals surface area contributed by atoms with Gasteiger partial charge in [-0.25, -0.2) is 0 Å². The van der Waals surface area contributed by atoms with Crippen LogP contribution in [0.5, 0.6) is 0 Å². The van der Waals surface area contributed by atoms with E-state index in [2.05, 4.69) is 13.0 Å². The summed E-state index contributed by atoms with van der Waals surface area (Å²) in [6, 6.07) is 2.13. The van der Waals surface area contributed by atoms with Crippen LogP contribution in [0.25, 0.3) is 0 Å². The second-order valence-electron chi connectivity index (χ2n) is 3.84. The van der Waals surface area contributed by atoms with Crippen molar-refractivity contribution in [3.05, 3.63) is 0 Å².